The van der Waals surface area contributed by atoms with Crippen molar-refractivity contribution in [3.63, 3.8) is 0 Å². The molecule has 5 aromatic rings. The lowest BCUT2D eigenvalue weighted by molar-refractivity contribution is 1.29. The molecule has 0 aliphatic rings. The average molecular weight is 322 g/mol. The number of hydrogen-bond acceptors (Lipinski definition) is 1. The van der Waals surface area contributed by atoms with E-state index >= 15 is 0 Å². The first-order valence-electron chi connectivity index (χ1n) is 8.59. The molecule has 1 heterocycles. The van der Waals surface area contributed by atoms with E-state index in [9.17, 15) is 0 Å². The van der Waals surface area contributed by atoms with Crippen LogP contribution in [0.25, 0.3) is 44.0 Å². The second-order valence-electron chi connectivity index (χ2n) is 6.72. The molecular weight excluding hydrogens is 304 g/mol. The van der Waals surface area contributed by atoms with Gasteiger partial charge >= 0.3 is 0 Å². The number of aromatic amines is 1. The largest absolute Gasteiger partial charge is 0.337 e. The number of rotatable bonds is 1. The summed E-state index contributed by atoms with van der Waals surface area (Å²) in [5.74, 6) is 0.939. The topological polar surface area (TPSA) is 28.7 Å². The number of nitrogens with zero attached hydrogens (tertiary/aromatic N) is 1. The molecule has 1 N–H and O–H groups in total. The third kappa shape index (κ3) is 2.07. The van der Waals surface area contributed by atoms with Gasteiger partial charge in [0.25, 0.3) is 0 Å². The summed E-state index contributed by atoms with van der Waals surface area (Å²) in [5, 5.41) is 4.94. The van der Waals surface area contributed by atoms with Gasteiger partial charge in [0.1, 0.15) is 5.82 Å². The summed E-state index contributed by atoms with van der Waals surface area (Å²) in [7, 11) is 0. The van der Waals surface area contributed by atoms with Crippen molar-refractivity contribution in [1.29, 1.82) is 0 Å². The van der Waals surface area contributed by atoms with Crippen LogP contribution < -0.4 is 0 Å². The number of aromatic nitrogens is 2. The molecule has 0 spiro atoms. The van der Waals surface area contributed by atoms with Gasteiger partial charge in [-0.25, -0.2) is 4.98 Å². The van der Waals surface area contributed by atoms with Crippen LogP contribution >= 0.6 is 0 Å². The lowest BCUT2D eigenvalue weighted by atomic mass is 10.0. The van der Waals surface area contributed by atoms with Crippen molar-refractivity contribution in [3.8, 4) is 11.4 Å². The molecule has 4 aromatic carbocycles. The third-order valence-corrected chi connectivity index (χ3v) is 5.01. The summed E-state index contributed by atoms with van der Waals surface area (Å²) in [5.41, 5.74) is 5.84. The Morgan fingerprint density at radius 3 is 2.08 bits per heavy atom. The second kappa shape index (κ2) is 5.18. The smallest absolute Gasteiger partial charge is 0.138 e. The molecule has 0 aliphatic heterocycles. The highest BCUT2D eigenvalue weighted by molar-refractivity contribution is 6.23. The highest BCUT2D eigenvalue weighted by Gasteiger charge is 2.14. The van der Waals surface area contributed by atoms with Gasteiger partial charge in [-0.15, -0.1) is 0 Å². The van der Waals surface area contributed by atoms with E-state index in [-0.39, 0.29) is 0 Å². The number of benzene rings is 4. The Balaban J connectivity index is 1.94. The zero-order valence-corrected chi connectivity index (χ0v) is 14.3. The van der Waals surface area contributed by atoms with Crippen molar-refractivity contribution >= 4 is 32.6 Å². The van der Waals surface area contributed by atoms with Crippen LogP contribution in [-0.2, 0) is 0 Å². The fourth-order valence-electron chi connectivity index (χ4n) is 3.83. The molecule has 0 saturated heterocycles. The fraction of sp³-hybridized carbons (Fsp3) is 0.0870. The quantitative estimate of drug-likeness (QED) is 0.368. The van der Waals surface area contributed by atoms with Gasteiger partial charge in [0, 0.05) is 16.3 Å². The molecule has 120 valence electrons. The minimum Gasteiger partial charge on any atom is -0.337 e. The van der Waals surface area contributed by atoms with Gasteiger partial charge in [-0.2, -0.15) is 0 Å². The number of hydrogen-bond donors (Lipinski definition) is 1. The first-order chi connectivity index (χ1) is 12.2. The Labute approximate surface area is 146 Å². The van der Waals surface area contributed by atoms with Gasteiger partial charge in [-0.05, 0) is 30.2 Å². The van der Waals surface area contributed by atoms with Crippen LogP contribution in [0.2, 0.25) is 0 Å². The maximum Gasteiger partial charge on any atom is 0.138 e. The fourth-order valence-corrected chi connectivity index (χ4v) is 3.83. The molecule has 0 saturated carbocycles. The van der Waals surface area contributed by atoms with Crippen molar-refractivity contribution in [2.45, 2.75) is 13.8 Å². The number of H-pyrrole nitrogens is 1. The summed E-state index contributed by atoms with van der Waals surface area (Å²) >= 11 is 0. The van der Waals surface area contributed by atoms with Crippen LogP contribution in [0.1, 0.15) is 11.1 Å². The molecule has 0 bridgehead atoms. The van der Waals surface area contributed by atoms with Gasteiger partial charge in [0.2, 0.25) is 0 Å². The number of aryl methyl sites for hydroxylation is 2. The summed E-state index contributed by atoms with van der Waals surface area (Å²) < 4.78 is 0. The Bertz CT molecular complexity index is 1190. The Morgan fingerprint density at radius 2 is 1.36 bits per heavy atom. The minimum absolute atomic E-state index is 0.939. The molecule has 1 aromatic heterocycles. The lowest BCUT2D eigenvalue weighted by Crippen LogP contribution is -1.86. The molecule has 25 heavy (non-hydrogen) atoms. The van der Waals surface area contributed by atoms with Crippen LogP contribution in [0.4, 0.5) is 0 Å². The normalized spacial score (nSPS) is 11.6. The van der Waals surface area contributed by atoms with E-state index in [4.69, 9.17) is 4.98 Å². The monoisotopic (exact) mass is 322 g/mol. The molecule has 0 amide bonds. The van der Waals surface area contributed by atoms with Crippen LogP contribution in [0.15, 0.2) is 66.7 Å². The molecular formula is C23H18N2. The summed E-state index contributed by atoms with van der Waals surface area (Å²) in [4.78, 5) is 8.59. The van der Waals surface area contributed by atoms with Crippen LogP contribution in [-0.4, -0.2) is 9.97 Å². The summed E-state index contributed by atoms with van der Waals surface area (Å²) in [6, 6.07) is 23.6. The summed E-state index contributed by atoms with van der Waals surface area (Å²) in [6.07, 6.45) is 0. The molecule has 0 fully saturated rings. The van der Waals surface area contributed by atoms with Gasteiger partial charge in [-0.3, -0.25) is 0 Å². The van der Waals surface area contributed by atoms with Crippen LogP contribution in [0.5, 0.6) is 0 Å². The van der Waals surface area contributed by atoms with Crippen molar-refractivity contribution in [1.82, 2.24) is 9.97 Å². The minimum atomic E-state index is 0.939. The first kappa shape index (κ1) is 14.2. The average Bonchev–Trinajstić information content (AvgIpc) is 3.07. The predicted molar refractivity (Wildman–Crippen MR) is 106 cm³/mol. The van der Waals surface area contributed by atoms with E-state index < -0.39 is 0 Å². The number of imidazole rings is 1. The first-order valence-corrected chi connectivity index (χ1v) is 8.59. The molecule has 0 aliphatic carbocycles. The van der Waals surface area contributed by atoms with E-state index in [0.29, 0.717) is 0 Å². The number of nitrogens with one attached hydrogen (secondary N) is 1. The van der Waals surface area contributed by atoms with Gasteiger partial charge in [0.15, 0.2) is 0 Å². The van der Waals surface area contributed by atoms with Gasteiger partial charge < -0.3 is 4.98 Å². The molecule has 2 heteroatoms. The van der Waals surface area contributed by atoms with Gasteiger partial charge in [-0.1, -0.05) is 72.3 Å². The van der Waals surface area contributed by atoms with Crippen molar-refractivity contribution in [3.05, 3.63) is 77.9 Å². The highest BCUT2D eigenvalue weighted by Crippen LogP contribution is 2.35. The van der Waals surface area contributed by atoms with Crippen LogP contribution in [0, 0.1) is 13.8 Å². The van der Waals surface area contributed by atoms with E-state index in [0.717, 1.165) is 22.4 Å². The molecule has 0 unspecified atom stereocenters. The van der Waals surface area contributed by atoms with E-state index in [1.807, 2.05) is 0 Å². The Morgan fingerprint density at radius 1 is 0.720 bits per heavy atom. The van der Waals surface area contributed by atoms with Gasteiger partial charge in [0.05, 0.1) is 11.0 Å². The zero-order valence-electron chi connectivity index (χ0n) is 14.3. The summed E-state index contributed by atoms with van der Waals surface area (Å²) in [6.45, 7) is 4.27. The molecule has 5 rings (SSSR count). The molecule has 0 radical (unpaired) electrons. The lowest BCUT2D eigenvalue weighted by Gasteiger charge is -2.05. The second-order valence-corrected chi connectivity index (χ2v) is 6.72. The number of fused-ring (bicyclic) bond motifs is 6. The Hall–Kier alpha value is -3.13. The van der Waals surface area contributed by atoms with Crippen molar-refractivity contribution in [2.75, 3.05) is 0 Å². The SMILES string of the molecule is Cc1ccc(-c2nc3c4ccccc4c4ccccc4c3[nH]2)c(C)c1. The predicted octanol–water partition coefficient (Wildman–Crippen LogP) is 6.15. The molecule has 2 nitrogen and oxygen atoms in total. The van der Waals surface area contributed by atoms with Crippen molar-refractivity contribution in [2.24, 2.45) is 0 Å². The third-order valence-electron chi connectivity index (χ3n) is 5.01. The van der Waals surface area contributed by atoms with Crippen LogP contribution in [0.3, 0.4) is 0 Å². The standard InChI is InChI=1S/C23H18N2/c1-14-11-12-16(15(2)13-14)23-24-21-19-9-5-3-7-17(19)18-8-4-6-10-20(18)22(21)25-23/h3-13H,1-2H3,(H,24,25). The zero-order chi connectivity index (χ0) is 17.0. The van der Waals surface area contributed by atoms with E-state index in [2.05, 4.69) is 85.6 Å². The van der Waals surface area contributed by atoms with E-state index in [1.54, 1.807) is 0 Å². The molecule has 0 atom stereocenters. The van der Waals surface area contributed by atoms with Crippen molar-refractivity contribution < 1.29 is 0 Å². The maximum atomic E-state index is 5.00. The van der Waals surface area contributed by atoms with E-state index in [1.165, 1.54) is 32.7 Å². The Kier molecular flexibility index (Phi) is 2.95. The maximum absolute atomic E-state index is 5.00. The highest BCUT2D eigenvalue weighted by atomic mass is 14.9.